The molecule has 2 N–H and O–H groups in total. The number of aromatic nitrogens is 3. The lowest BCUT2D eigenvalue weighted by atomic mass is 9.88. The van der Waals surface area contributed by atoms with Crippen LogP contribution < -0.4 is 5.32 Å². The second kappa shape index (κ2) is 7.59. The van der Waals surface area contributed by atoms with Crippen LogP contribution in [-0.2, 0) is 12.6 Å². The Balaban J connectivity index is 2.08. The fourth-order valence-electron chi connectivity index (χ4n) is 2.39. The summed E-state index contributed by atoms with van der Waals surface area (Å²) >= 11 is 1.65. The Hall–Kier alpha value is -1.37. The number of hydrogen-bond donors (Lipinski definition) is 2. The molecule has 0 radical (unpaired) electrons. The highest BCUT2D eigenvalue weighted by Gasteiger charge is 2.30. The summed E-state index contributed by atoms with van der Waals surface area (Å²) in [6.45, 7) is 2.94. The molecule has 0 saturated heterocycles. The summed E-state index contributed by atoms with van der Waals surface area (Å²) in [6, 6.07) is 10.1. The normalized spacial score (nSPS) is 14.0. The van der Waals surface area contributed by atoms with Crippen molar-refractivity contribution in [1.82, 2.24) is 20.1 Å². The molecule has 21 heavy (non-hydrogen) atoms. The molecule has 1 aromatic heterocycles. The number of aliphatic hydroxyl groups excluding tert-OH is 1. The minimum absolute atomic E-state index is 0.0736. The van der Waals surface area contributed by atoms with Gasteiger partial charge < -0.3 is 10.4 Å². The van der Waals surface area contributed by atoms with Gasteiger partial charge >= 0.3 is 0 Å². The predicted molar refractivity (Wildman–Crippen MR) is 85.2 cm³/mol. The lowest BCUT2D eigenvalue weighted by Gasteiger charge is -2.33. The maximum Gasteiger partial charge on any atom is 0.185 e. The summed E-state index contributed by atoms with van der Waals surface area (Å²) < 4.78 is 1.76. The average Bonchev–Trinajstić information content (AvgIpc) is 2.92. The van der Waals surface area contributed by atoms with Crippen LogP contribution in [0, 0.1) is 0 Å². The lowest BCUT2D eigenvalue weighted by Crippen LogP contribution is -2.46. The van der Waals surface area contributed by atoms with Gasteiger partial charge in [-0.3, -0.25) is 0 Å². The second-order valence-electron chi connectivity index (χ2n) is 4.90. The third kappa shape index (κ3) is 3.84. The number of likely N-dealkylation sites (N-methyl/N-ethyl adjacent to an activating group) is 1. The first-order valence-electron chi connectivity index (χ1n) is 7.10. The molecule has 114 valence electrons. The zero-order valence-electron chi connectivity index (χ0n) is 12.5. The highest BCUT2D eigenvalue weighted by atomic mass is 32.2. The van der Waals surface area contributed by atoms with E-state index in [-0.39, 0.29) is 6.61 Å². The van der Waals surface area contributed by atoms with Crippen molar-refractivity contribution < 1.29 is 5.11 Å². The number of hydrogen-bond acceptors (Lipinski definition) is 5. The molecule has 0 saturated carbocycles. The maximum absolute atomic E-state index is 9.97. The van der Waals surface area contributed by atoms with Crippen LogP contribution >= 0.6 is 11.8 Å². The predicted octanol–water partition coefficient (Wildman–Crippen LogP) is 1.79. The first kappa shape index (κ1) is 16.0. The first-order valence-corrected chi connectivity index (χ1v) is 8.08. The van der Waals surface area contributed by atoms with Gasteiger partial charge in [-0.15, -0.1) is 0 Å². The van der Waals surface area contributed by atoms with Crippen molar-refractivity contribution in [2.75, 3.05) is 18.9 Å². The zero-order chi connectivity index (χ0) is 15.1. The van der Waals surface area contributed by atoms with Crippen LogP contribution in [-0.4, -0.2) is 38.8 Å². The Labute approximate surface area is 129 Å². The van der Waals surface area contributed by atoms with E-state index < -0.39 is 5.54 Å². The van der Waals surface area contributed by atoms with E-state index in [1.165, 1.54) is 0 Å². The number of aryl methyl sites for hydroxylation is 1. The van der Waals surface area contributed by atoms with E-state index in [2.05, 4.69) is 34.5 Å². The first-order chi connectivity index (χ1) is 10.2. The van der Waals surface area contributed by atoms with Gasteiger partial charge in [0.15, 0.2) is 5.16 Å². The van der Waals surface area contributed by atoms with Gasteiger partial charge in [0, 0.05) is 12.8 Å². The smallest absolute Gasteiger partial charge is 0.185 e. The molecule has 0 fully saturated rings. The van der Waals surface area contributed by atoms with Crippen molar-refractivity contribution in [3.8, 4) is 0 Å². The van der Waals surface area contributed by atoms with E-state index in [1.807, 2.05) is 25.2 Å². The third-order valence-corrected chi connectivity index (χ3v) is 4.58. The minimum Gasteiger partial charge on any atom is -0.394 e. The minimum atomic E-state index is -0.401. The van der Waals surface area contributed by atoms with Gasteiger partial charge in [0.25, 0.3) is 0 Å². The van der Waals surface area contributed by atoms with Gasteiger partial charge in [-0.1, -0.05) is 49.0 Å². The van der Waals surface area contributed by atoms with Crippen LogP contribution in [0.4, 0.5) is 0 Å². The Kier molecular flexibility index (Phi) is 5.78. The van der Waals surface area contributed by atoms with Crippen molar-refractivity contribution in [2.45, 2.75) is 24.0 Å². The summed E-state index contributed by atoms with van der Waals surface area (Å²) in [4.78, 5) is 4.21. The van der Waals surface area contributed by atoms with E-state index in [9.17, 15) is 5.11 Å². The Morgan fingerprint density at radius 2 is 2.10 bits per heavy atom. The summed E-state index contributed by atoms with van der Waals surface area (Å²) in [5.41, 5.74) is 0.717. The van der Waals surface area contributed by atoms with Crippen molar-refractivity contribution in [3.05, 3.63) is 42.2 Å². The summed E-state index contributed by atoms with van der Waals surface area (Å²) in [5.74, 6) is 0.856. The van der Waals surface area contributed by atoms with E-state index in [4.69, 9.17) is 0 Å². The molecule has 1 atom stereocenters. The lowest BCUT2D eigenvalue weighted by molar-refractivity contribution is 0.158. The van der Waals surface area contributed by atoms with E-state index >= 15 is 0 Å². The Morgan fingerprint density at radius 1 is 1.33 bits per heavy atom. The molecule has 1 unspecified atom stereocenters. The Bertz CT molecular complexity index is 546. The number of nitrogens with one attached hydrogen (secondary N) is 1. The standard InChI is InChI=1S/C15H22N4OS/c1-3-17-15(11-20,13-7-5-4-6-8-13)9-10-21-14-16-12-18-19(14)2/h4-8,12,17,20H,3,9-11H2,1-2H3. The monoisotopic (exact) mass is 306 g/mol. The van der Waals surface area contributed by atoms with Gasteiger partial charge in [-0.2, -0.15) is 5.10 Å². The number of aliphatic hydroxyl groups is 1. The average molecular weight is 306 g/mol. The highest BCUT2D eigenvalue weighted by Crippen LogP contribution is 2.28. The number of rotatable bonds is 8. The molecule has 0 amide bonds. The summed E-state index contributed by atoms with van der Waals surface area (Å²) in [7, 11) is 1.89. The zero-order valence-corrected chi connectivity index (χ0v) is 13.3. The van der Waals surface area contributed by atoms with Crippen LogP contribution in [0.25, 0.3) is 0 Å². The van der Waals surface area contributed by atoms with Crippen LogP contribution in [0.2, 0.25) is 0 Å². The maximum atomic E-state index is 9.97. The molecule has 1 heterocycles. The summed E-state index contributed by atoms with van der Waals surface area (Å²) in [5, 5.41) is 18.4. The van der Waals surface area contributed by atoms with Crippen LogP contribution in [0.5, 0.6) is 0 Å². The molecule has 2 rings (SSSR count). The van der Waals surface area contributed by atoms with Crippen molar-refractivity contribution >= 4 is 11.8 Å². The van der Waals surface area contributed by atoms with Gasteiger partial charge in [0.1, 0.15) is 6.33 Å². The molecular formula is C15H22N4OS. The van der Waals surface area contributed by atoms with Gasteiger partial charge in [0.2, 0.25) is 0 Å². The molecule has 1 aromatic carbocycles. The molecule has 5 nitrogen and oxygen atoms in total. The number of thioether (sulfide) groups is 1. The van der Waals surface area contributed by atoms with Crippen LogP contribution in [0.1, 0.15) is 18.9 Å². The molecule has 0 aliphatic carbocycles. The van der Waals surface area contributed by atoms with Crippen molar-refractivity contribution in [1.29, 1.82) is 0 Å². The van der Waals surface area contributed by atoms with Gasteiger partial charge in [-0.05, 0) is 18.5 Å². The molecule has 2 aromatic rings. The highest BCUT2D eigenvalue weighted by molar-refractivity contribution is 7.99. The quantitative estimate of drug-likeness (QED) is 0.728. The third-order valence-electron chi connectivity index (χ3n) is 3.54. The van der Waals surface area contributed by atoms with Gasteiger partial charge in [-0.25, -0.2) is 9.67 Å². The fraction of sp³-hybridized carbons (Fsp3) is 0.467. The fourth-order valence-corrected chi connectivity index (χ4v) is 3.38. The van der Waals surface area contributed by atoms with Crippen LogP contribution in [0.15, 0.2) is 41.8 Å². The van der Waals surface area contributed by atoms with Crippen LogP contribution in [0.3, 0.4) is 0 Å². The van der Waals surface area contributed by atoms with E-state index in [0.29, 0.717) is 0 Å². The van der Waals surface area contributed by atoms with E-state index in [1.54, 1.807) is 22.8 Å². The molecule has 0 spiro atoms. The topological polar surface area (TPSA) is 63.0 Å². The number of nitrogens with zero attached hydrogens (tertiary/aromatic N) is 3. The van der Waals surface area contributed by atoms with Crippen molar-refractivity contribution in [3.63, 3.8) is 0 Å². The number of benzene rings is 1. The molecule has 6 heteroatoms. The molecular weight excluding hydrogens is 284 g/mol. The van der Waals surface area contributed by atoms with Crippen molar-refractivity contribution in [2.24, 2.45) is 7.05 Å². The SMILES string of the molecule is CCNC(CO)(CCSc1ncnn1C)c1ccccc1. The summed E-state index contributed by atoms with van der Waals surface area (Å²) in [6.07, 6.45) is 2.38. The molecule has 0 bridgehead atoms. The molecule has 0 aliphatic heterocycles. The largest absolute Gasteiger partial charge is 0.394 e. The van der Waals surface area contributed by atoms with E-state index in [0.717, 1.165) is 29.4 Å². The Morgan fingerprint density at radius 3 is 2.67 bits per heavy atom. The second-order valence-corrected chi connectivity index (χ2v) is 5.96. The van der Waals surface area contributed by atoms with Gasteiger partial charge in [0.05, 0.1) is 12.1 Å². The molecule has 0 aliphatic rings.